The summed E-state index contributed by atoms with van der Waals surface area (Å²) in [6.07, 6.45) is 12.4. The fourth-order valence-corrected chi connectivity index (χ4v) is 6.59. The first-order chi connectivity index (χ1) is 12.5. The Kier molecular flexibility index (Phi) is 6.79. The van der Waals surface area contributed by atoms with E-state index in [2.05, 4.69) is 6.92 Å². The van der Waals surface area contributed by atoms with Gasteiger partial charge in [0.05, 0.1) is 4.90 Å². The largest absolute Gasteiger partial charge is 0.243 e. The van der Waals surface area contributed by atoms with Gasteiger partial charge in [-0.2, -0.15) is 4.31 Å². The van der Waals surface area contributed by atoms with Crippen molar-refractivity contribution in [3.8, 4) is 0 Å². The maximum absolute atomic E-state index is 13.2. The van der Waals surface area contributed by atoms with Crippen molar-refractivity contribution in [2.24, 2.45) is 11.8 Å². The Labute approximate surface area is 160 Å². The van der Waals surface area contributed by atoms with Gasteiger partial charge in [0.2, 0.25) is 10.0 Å². The molecule has 0 N–H and O–H groups in total. The van der Waals surface area contributed by atoms with Crippen LogP contribution in [-0.2, 0) is 10.0 Å². The molecule has 1 aromatic rings. The molecule has 1 aliphatic heterocycles. The summed E-state index contributed by atoms with van der Waals surface area (Å²) in [6, 6.07) is 7.58. The Morgan fingerprint density at radius 3 is 2.42 bits per heavy atom. The van der Waals surface area contributed by atoms with Crippen LogP contribution in [0.1, 0.15) is 76.7 Å². The minimum atomic E-state index is -3.36. The molecule has 1 aromatic carbocycles. The number of aryl methyl sites for hydroxylation is 1. The van der Waals surface area contributed by atoms with Crippen LogP contribution < -0.4 is 0 Å². The minimum Gasteiger partial charge on any atom is -0.207 e. The molecule has 0 radical (unpaired) electrons. The van der Waals surface area contributed by atoms with Gasteiger partial charge in [-0.25, -0.2) is 8.42 Å². The Morgan fingerprint density at radius 1 is 1.00 bits per heavy atom. The lowest BCUT2D eigenvalue weighted by molar-refractivity contribution is 0.172. The van der Waals surface area contributed by atoms with Crippen molar-refractivity contribution >= 4 is 10.0 Å². The van der Waals surface area contributed by atoms with Crippen LogP contribution in [0.3, 0.4) is 0 Å². The van der Waals surface area contributed by atoms with E-state index in [1.807, 2.05) is 23.4 Å². The molecular formula is C22H35NO2S. The van der Waals surface area contributed by atoms with Crippen LogP contribution in [0.2, 0.25) is 0 Å². The van der Waals surface area contributed by atoms with Crippen molar-refractivity contribution in [2.45, 2.75) is 89.0 Å². The highest BCUT2D eigenvalue weighted by Crippen LogP contribution is 2.44. The lowest BCUT2D eigenvalue weighted by Gasteiger charge is -2.37. The molecular weight excluding hydrogens is 342 g/mol. The molecule has 146 valence electrons. The average molecular weight is 378 g/mol. The van der Waals surface area contributed by atoms with E-state index in [0.29, 0.717) is 10.8 Å². The standard InChI is InChI=1S/C22H35NO2S/c1-3-4-5-6-7-8-9-20-17-23(21-13-12-19(20)16-21)26(24,25)22-14-10-18(2)11-15-22/h10-11,14-15,19-21H,3-9,12-13,16-17H2,1-2H3. The average Bonchev–Trinajstić information content (AvgIpc) is 3.03. The van der Waals surface area contributed by atoms with Gasteiger partial charge in [0.1, 0.15) is 0 Å². The second-order valence-electron chi connectivity index (χ2n) is 8.43. The quantitative estimate of drug-likeness (QED) is 0.530. The number of piperidine rings is 1. The molecule has 1 saturated heterocycles. The van der Waals surface area contributed by atoms with Crippen molar-refractivity contribution in [2.75, 3.05) is 6.54 Å². The highest BCUT2D eigenvalue weighted by Gasteiger charge is 2.44. The normalized spacial score (nSPS) is 26.3. The molecule has 3 unspecified atom stereocenters. The van der Waals surface area contributed by atoms with E-state index < -0.39 is 10.0 Å². The van der Waals surface area contributed by atoms with Crippen LogP contribution >= 0.6 is 0 Å². The molecule has 26 heavy (non-hydrogen) atoms. The van der Waals surface area contributed by atoms with Crippen molar-refractivity contribution in [3.63, 3.8) is 0 Å². The minimum absolute atomic E-state index is 0.229. The van der Waals surface area contributed by atoms with Crippen molar-refractivity contribution in [1.29, 1.82) is 0 Å². The van der Waals surface area contributed by atoms with Gasteiger partial charge >= 0.3 is 0 Å². The monoisotopic (exact) mass is 377 g/mol. The Bertz CT molecular complexity index is 668. The summed E-state index contributed by atoms with van der Waals surface area (Å²) in [5, 5.41) is 0. The van der Waals surface area contributed by atoms with Gasteiger partial charge < -0.3 is 0 Å². The van der Waals surface area contributed by atoms with Crippen LogP contribution in [-0.4, -0.2) is 25.3 Å². The van der Waals surface area contributed by atoms with Gasteiger partial charge in [0.15, 0.2) is 0 Å². The molecule has 1 aliphatic carbocycles. The first-order valence-electron chi connectivity index (χ1n) is 10.6. The molecule has 2 fully saturated rings. The lowest BCUT2D eigenvalue weighted by atomic mass is 9.84. The van der Waals surface area contributed by atoms with Gasteiger partial charge in [-0.05, 0) is 56.6 Å². The molecule has 0 amide bonds. The third kappa shape index (κ3) is 4.51. The zero-order valence-electron chi connectivity index (χ0n) is 16.5. The SMILES string of the molecule is CCCCCCCCC1CN(S(=O)(=O)c2ccc(C)cc2)C2CCC1C2. The fourth-order valence-electron chi connectivity index (χ4n) is 4.86. The van der Waals surface area contributed by atoms with Crippen molar-refractivity contribution in [1.82, 2.24) is 4.31 Å². The number of hydrogen-bond donors (Lipinski definition) is 0. The molecule has 0 spiro atoms. The number of nitrogens with zero attached hydrogens (tertiary/aromatic N) is 1. The summed E-state index contributed by atoms with van der Waals surface area (Å²) in [5.41, 5.74) is 1.10. The second kappa shape index (κ2) is 8.88. The van der Waals surface area contributed by atoms with Crippen molar-refractivity contribution in [3.05, 3.63) is 29.8 Å². The van der Waals surface area contributed by atoms with Crippen LogP contribution in [0, 0.1) is 18.8 Å². The Hall–Kier alpha value is -0.870. The van der Waals surface area contributed by atoms with Crippen LogP contribution in [0.5, 0.6) is 0 Å². The maximum Gasteiger partial charge on any atom is 0.243 e. The number of rotatable bonds is 9. The molecule has 4 heteroatoms. The zero-order chi connectivity index (χ0) is 18.6. The summed E-state index contributed by atoms with van der Waals surface area (Å²) in [6.45, 7) is 4.98. The first kappa shape index (κ1) is 19.9. The second-order valence-corrected chi connectivity index (χ2v) is 10.3. The third-order valence-corrected chi connectivity index (χ3v) is 8.42. The predicted molar refractivity (Wildman–Crippen MR) is 108 cm³/mol. The molecule has 1 saturated carbocycles. The lowest BCUT2D eigenvalue weighted by Crippen LogP contribution is -2.46. The molecule has 1 heterocycles. The number of hydrogen-bond acceptors (Lipinski definition) is 2. The molecule has 0 aromatic heterocycles. The molecule has 3 rings (SSSR count). The fraction of sp³-hybridized carbons (Fsp3) is 0.727. The van der Waals surface area contributed by atoms with Crippen LogP contribution in [0.25, 0.3) is 0 Å². The smallest absolute Gasteiger partial charge is 0.207 e. The van der Waals surface area contributed by atoms with Gasteiger partial charge in [-0.15, -0.1) is 0 Å². The van der Waals surface area contributed by atoms with Gasteiger partial charge in [-0.1, -0.05) is 63.1 Å². The molecule has 3 atom stereocenters. The molecule has 2 bridgehead atoms. The van der Waals surface area contributed by atoms with Crippen molar-refractivity contribution < 1.29 is 8.42 Å². The number of fused-ring (bicyclic) bond motifs is 2. The molecule has 2 aliphatic rings. The summed E-state index contributed by atoms with van der Waals surface area (Å²) in [7, 11) is -3.36. The Balaban J connectivity index is 1.62. The third-order valence-electron chi connectivity index (χ3n) is 6.49. The van der Waals surface area contributed by atoms with Crippen LogP contribution in [0.4, 0.5) is 0 Å². The number of unbranched alkanes of at least 4 members (excludes halogenated alkanes) is 5. The van der Waals surface area contributed by atoms with Crippen LogP contribution in [0.15, 0.2) is 29.2 Å². The number of sulfonamides is 1. The van der Waals surface area contributed by atoms with E-state index in [1.165, 1.54) is 51.4 Å². The van der Waals surface area contributed by atoms with E-state index in [4.69, 9.17) is 0 Å². The predicted octanol–water partition coefficient (Wildman–Crippen LogP) is 5.53. The topological polar surface area (TPSA) is 37.4 Å². The zero-order valence-corrected chi connectivity index (χ0v) is 17.3. The summed E-state index contributed by atoms with van der Waals surface area (Å²) in [4.78, 5) is 0.465. The van der Waals surface area contributed by atoms with E-state index in [1.54, 1.807) is 12.1 Å². The van der Waals surface area contributed by atoms with E-state index in [9.17, 15) is 8.42 Å². The first-order valence-corrected chi connectivity index (χ1v) is 12.0. The highest BCUT2D eigenvalue weighted by atomic mass is 32.2. The van der Waals surface area contributed by atoms with E-state index in [0.717, 1.165) is 30.9 Å². The van der Waals surface area contributed by atoms with E-state index in [-0.39, 0.29) is 6.04 Å². The molecule has 3 nitrogen and oxygen atoms in total. The Morgan fingerprint density at radius 2 is 1.69 bits per heavy atom. The van der Waals surface area contributed by atoms with Gasteiger partial charge in [-0.3, -0.25) is 0 Å². The summed E-state index contributed by atoms with van der Waals surface area (Å²) >= 11 is 0. The summed E-state index contributed by atoms with van der Waals surface area (Å²) < 4.78 is 28.3. The summed E-state index contributed by atoms with van der Waals surface area (Å²) in [5.74, 6) is 1.31. The van der Waals surface area contributed by atoms with Gasteiger partial charge in [0, 0.05) is 12.6 Å². The van der Waals surface area contributed by atoms with E-state index >= 15 is 0 Å². The number of benzene rings is 1. The maximum atomic E-state index is 13.2. The van der Waals surface area contributed by atoms with Gasteiger partial charge in [0.25, 0.3) is 0 Å². The highest BCUT2D eigenvalue weighted by molar-refractivity contribution is 7.89.